The average molecular weight is 463 g/mol. The molecule has 0 heterocycles. The predicted molar refractivity (Wildman–Crippen MR) is 139 cm³/mol. The van der Waals surface area contributed by atoms with Crippen LogP contribution in [0.1, 0.15) is 22.3 Å². The molecule has 5 heteroatoms. The minimum Gasteiger partial charge on any atom is -0.497 e. The van der Waals surface area contributed by atoms with Crippen LogP contribution in [-0.4, -0.2) is 13.0 Å². The van der Waals surface area contributed by atoms with E-state index in [9.17, 15) is 10.1 Å². The van der Waals surface area contributed by atoms with Crippen molar-refractivity contribution in [3.8, 4) is 17.6 Å². The van der Waals surface area contributed by atoms with Crippen LogP contribution in [0.15, 0.2) is 84.4 Å². The number of carbonyl (C=O) groups excluding carboxylic acids is 1. The number of hydrogen-bond donors (Lipinski definition) is 1. The third kappa shape index (κ3) is 5.51. The summed E-state index contributed by atoms with van der Waals surface area (Å²) in [6.07, 6.45) is 1.54. The molecule has 0 spiro atoms. The molecule has 0 saturated heterocycles. The molecule has 4 aromatic rings. The molecule has 0 saturated carbocycles. The zero-order chi connectivity index (χ0) is 24.8. The summed E-state index contributed by atoms with van der Waals surface area (Å²) in [6.45, 7) is 4.36. The first-order valence-corrected chi connectivity index (χ1v) is 11.3. The van der Waals surface area contributed by atoms with Gasteiger partial charge >= 0.3 is 0 Å². The van der Waals surface area contributed by atoms with Gasteiger partial charge in [-0.05, 0) is 60.5 Å². The Labute approximate surface area is 205 Å². The van der Waals surface area contributed by atoms with Gasteiger partial charge < -0.3 is 14.8 Å². The molecule has 0 fully saturated rings. The van der Waals surface area contributed by atoms with Crippen LogP contribution >= 0.6 is 0 Å². The van der Waals surface area contributed by atoms with Crippen molar-refractivity contribution in [2.45, 2.75) is 20.5 Å². The fourth-order valence-corrected chi connectivity index (χ4v) is 3.81. The lowest BCUT2D eigenvalue weighted by Gasteiger charge is -2.15. The van der Waals surface area contributed by atoms with E-state index in [-0.39, 0.29) is 5.57 Å². The van der Waals surface area contributed by atoms with E-state index in [4.69, 9.17) is 9.47 Å². The lowest BCUT2D eigenvalue weighted by atomic mass is 10.0. The normalized spacial score (nSPS) is 11.1. The van der Waals surface area contributed by atoms with Gasteiger partial charge in [-0.15, -0.1) is 0 Å². The zero-order valence-corrected chi connectivity index (χ0v) is 20.0. The van der Waals surface area contributed by atoms with Crippen LogP contribution < -0.4 is 14.8 Å². The van der Waals surface area contributed by atoms with Crippen LogP contribution in [0.25, 0.3) is 16.8 Å². The number of nitrogens with one attached hydrogen (secondary N) is 1. The molecule has 0 aromatic heterocycles. The summed E-state index contributed by atoms with van der Waals surface area (Å²) in [5, 5.41) is 14.7. The van der Waals surface area contributed by atoms with Gasteiger partial charge in [0.2, 0.25) is 0 Å². The Morgan fingerprint density at radius 3 is 2.51 bits per heavy atom. The maximum Gasteiger partial charge on any atom is 0.266 e. The molecule has 0 aliphatic rings. The fourth-order valence-electron chi connectivity index (χ4n) is 3.81. The molecule has 1 N–H and O–H groups in total. The van der Waals surface area contributed by atoms with E-state index in [2.05, 4.69) is 36.5 Å². The van der Waals surface area contributed by atoms with Crippen LogP contribution in [0.2, 0.25) is 0 Å². The first kappa shape index (κ1) is 23.6. The van der Waals surface area contributed by atoms with Gasteiger partial charge in [0.15, 0.2) is 0 Å². The van der Waals surface area contributed by atoms with Gasteiger partial charge in [0, 0.05) is 22.9 Å². The highest BCUT2D eigenvalue weighted by atomic mass is 16.5. The summed E-state index contributed by atoms with van der Waals surface area (Å²) in [6, 6.07) is 27.1. The third-order valence-corrected chi connectivity index (χ3v) is 5.84. The summed E-state index contributed by atoms with van der Waals surface area (Å²) in [7, 11) is 1.58. The number of methoxy groups -OCH3 is 1. The summed E-state index contributed by atoms with van der Waals surface area (Å²) >= 11 is 0. The van der Waals surface area contributed by atoms with Crippen LogP contribution in [0, 0.1) is 25.2 Å². The Kier molecular flexibility index (Phi) is 7.13. The van der Waals surface area contributed by atoms with Crippen LogP contribution in [0.4, 0.5) is 5.69 Å². The summed E-state index contributed by atoms with van der Waals surface area (Å²) in [4.78, 5) is 12.8. The number of amides is 1. The number of carbonyl (C=O) groups is 1. The monoisotopic (exact) mass is 462 g/mol. The second-order valence-electron chi connectivity index (χ2n) is 8.26. The maximum atomic E-state index is 12.8. The van der Waals surface area contributed by atoms with Gasteiger partial charge in [0.05, 0.1) is 7.11 Å². The number of fused-ring (bicyclic) bond motifs is 1. The molecule has 0 atom stereocenters. The lowest BCUT2D eigenvalue weighted by Crippen LogP contribution is -2.13. The van der Waals surface area contributed by atoms with Crippen molar-refractivity contribution in [2.24, 2.45) is 0 Å². The molecule has 0 radical (unpaired) electrons. The molecule has 1 amide bonds. The smallest absolute Gasteiger partial charge is 0.266 e. The molecule has 0 unspecified atom stereocenters. The second-order valence-corrected chi connectivity index (χ2v) is 8.26. The summed E-state index contributed by atoms with van der Waals surface area (Å²) in [5.74, 6) is 0.657. The molecule has 35 heavy (non-hydrogen) atoms. The summed E-state index contributed by atoms with van der Waals surface area (Å²) in [5.41, 5.74) is 4.50. The Bertz CT molecular complexity index is 1450. The number of anilines is 1. The Hall–Kier alpha value is -4.56. The molecule has 0 aliphatic heterocycles. The third-order valence-electron chi connectivity index (χ3n) is 5.84. The Morgan fingerprint density at radius 1 is 1.00 bits per heavy atom. The van der Waals surface area contributed by atoms with E-state index in [1.54, 1.807) is 37.4 Å². The van der Waals surface area contributed by atoms with Crippen LogP contribution in [-0.2, 0) is 11.4 Å². The van der Waals surface area contributed by atoms with Crippen molar-refractivity contribution in [2.75, 3.05) is 12.4 Å². The van der Waals surface area contributed by atoms with Crippen LogP contribution in [0.5, 0.6) is 11.5 Å². The Balaban J connectivity index is 1.63. The highest BCUT2D eigenvalue weighted by Crippen LogP contribution is 2.30. The van der Waals surface area contributed by atoms with Crippen molar-refractivity contribution in [3.63, 3.8) is 0 Å². The first-order valence-electron chi connectivity index (χ1n) is 11.3. The first-order chi connectivity index (χ1) is 17.0. The molecular weight excluding hydrogens is 436 g/mol. The number of benzene rings is 4. The molecule has 174 valence electrons. The standard InChI is InChI=1S/C30H26N2O3/c1-20-8-13-25(14-9-20)32-30(33)24(18-31)16-23-12-15-26(34-3)17-29(23)35-19-28-21(2)10-11-22-6-4-5-7-27(22)28/h4-17H,19H2,1-3H3,(H,32,33)/b24-16+. The highest BCUT2D eigenvalue weighted by Gasteiger charge is 2.13. The number of aryl methyl sites for hydroxylation is 2. The highest BCUT2D eigenvalue weighted by molar-refractivity contribution is 6.09. The van der Waals surface area contributed by atoms with E-state index >= 15 is 0 Å². The minimum absolute atomic E-state index is 0.0260. The lowest BCUT2D eigenvalue weighted by molar-refractivity contribution is -0.112. The van der Waals surface area contributed by atoms with Gasteiger partial charge in [0.25, 0.3) is 5.91 Å². The van der Waals surface area contributed by atoms with Crippen molar-refractivity contribution < 1.29 is 14.3 Å². The van der Waals surface area contributed by atoms with E-state index in [0.717, 1.165) is 27.5 Å². The van der Waals surface area contributed by atoms with Crippen molar-refractivity contribution in [3.05, 3.63) is 107 Å². The SMILES string of the molecule is COc1ccc(/C=C(\C#N)C(=O)Nc2ccc(C)cc2)c(OCc2c(C)ccc3ccccc23)c1. The van der Waals surface area contributed by atoms with Gasteiger partial charge in [-0.25, -0.2) is 0 Å². The Morgan fingerprint density at radius 2 is 1.77 bits per heavy atom. The van der Waals surface area contributed by atoms with E-state index < -0.39 is 5.91 Å². The number of nitriles is 1. The number of hydrogen-bond acceptors (Lipinski definition) is 4. The number of nitrogens with zero attached hydrogens (tertiary/aromatic N) is 1. The van der Waals surface area contributed by atoms with Crippen molar-refractivity contribution >= 4 is 28.4 Å². The molecule has 4 aromatic carbocycles. The van der Waals surface area contributed by atoms with E-state index in [1.165, 1.54) is 6.08 Å². The molecule has 5 nitrogen and oxygen atoms in total. The fraction of sp³-hybridized carbons (Fsp3) is 0.133. The summed E-state index contributed by atoms with van der Waals surface area (Å²) < 4.78 is 11.6. The number of rotatable bonds is 7. The van der Waals surface area contributed by atoms with Crippen LogP contribution in [0.3, 0.4) is 0 Å². The molecular formula is C30H26N2O3. The minimum atomic E-state index is -0.483. The van der Waals surface area contributed by atoms with Crippen molar-refractivity contribution in [1.82, 2.24) is 0 Å². The van der Waals surface area contributed by atoms with Gasteiger partial charge in [-0.3, -0.25) is 4.79 Å². The van der Waals surface area contributed by atoms with E-state index in [0.29, 0.717) is 29.4 Å². The van der Waals surface area contributed by atoms with Gasteiger partial charge in [-0.1, -0.05) is 54.1 Å². The van der Waals surface area contributed by atoms with Crippen molar-refractivity contribution in [1.29, 1.82) is 5.26 Å². The maximum absolute atomic E-state index is 12.8. The topological polar surface area (TPSA) is 71.3 Å². The largest absolute Gasteiger partial charge is 0.497 e. The van der Waals surface area contributed by atoms with E-state index in [1.807, 2.05) is 37.3 Å². The molecule has 0 bridgehead atoms. The molecule has 4 rings (SSSR count). The van der Waals surface area contributed by atoms with Gasteiger partial charge in [0.1, 0.15) is 29.7 Å². The zero-order valence-electron chi connectivity index (χ0n) is 20.0. The quantitative estimate of drug-likeness (QED) is 0.248. The predicted octanol–water partition coefficient (Wildman–Crippen LogP) is 6.59. The van der Waals surface area contributed by atoms with Gasteiger partial charge in [-0.2, -0.15) is 5.26 Å². The number of ether oxygens (including phenoxy) is 2. The average Bonchev–Trinajstić information content (AvgIpc) is 2.88. The second kappa shape index (κ2) is 10.6. The molecule has 0 aliphatic carbocycles.